The molecule has 2 rings (SSSR count). The summed E-state index contributed by atoms with van der Waals surface area (Å²) in [6, 6.07) is 6.49. The number of ketones is 1. The molecule has 1 aliphatic rings. The van der Waals surface area contributed by atoms with E-state index in [2.05, 4.69) is 5.32 Å². The van der Waals surface area contributed by atoms with Crippen LogP contribution in [0.5, 0.6) is 0 Å². The molecule has 1 aromatic rings. The highest BCUT2D eigenvalue weighted by atomic mass is 16.5. The molecule has 0 saturated carbocycles. The minimum atomic E-state index is -0.709. The van der Waals surface area contributed by atoms with Crippen molar-refractivity contribution in [2.45, 2.75) is 19.9 Å². The van der Waals surface area contributed by atoms with Crippen LogP contribution in [-0.2, 0) is 9.53 Å². The second-order valence-corrected chi connectivity index (χ2v) is 5.13. The van der Waals surface area contributed by atoms with Gasteiger partial charge in [0.1, 0.15) is 0 Å². The summed E-state index contributed by atoms with van der Waals surface area (Å²) in [5.74, 6) is -0.163. The largest absolute Gasteiger partial charge is 0.379 e. The zero-order valence-electron chi connectivity index (χ0n) is 11.1. The summed E-state index contributed by atoms with van der Waals surface area (Å²) in [4.78, 5) is 23.4. The van der Waals surface area contributed by atoms with Gasteiger partial charge in [0.15, 0.2) is 5.78 Å². The molecule has 1 saturated heterocycles. The number of nitrogens with two attached hydrogens (primary N) is 1. The van der Waals surface area contributed by atoms with Gasteiger partial charge in [-0.05, 0) is 38.1 Å². The summed E-state index contributed by atoms with van der Waals surface area (Å²) in [7, 11) is 0. The molecule has 0 spiro atoms. The SMILES string of the molecule is CC(=O)c1ccc(NC(=O)C2(C)COCC2N)cc1. The standard InChI is InChI=1S/C14H18N2O3/c1-9(17)10-3-5-11(6-4-10)16-13(18)14(2)8-19-7-12(14)15/h3-6,12H,7-8,15H2,1-2H3,(H,16,18). The van der Waals surface area contributed by atoms with Crippen LogP contribution in [0.3, 0.4) is 0 Å². The van der Waals surface area contributed by atoms with Crippen molar-refractivity contribution in [3.05, 3.63) is 29.8 Å². The smallest absolute Gasteiger partial charge is 0.234 e. The normalized spacial score (nSPS) is 26.2. The minimum absolute atomic E-state index is 0.00365. The van der Waals surface area contributed by atoms with E-state index in [1.165, 1.54) is 6.92 Å². The molecule has 0 aliphatic carbocycles. The summed E-state index contributed by atoms with van der Waals surface area (Å²) in [6.07, 6.45) is 0. The van der Waals surface area contributed by atoms with Crippen LogP contribution >= 0.6 is 0 Å². The molecule has 0 aromatic heterocycles. The molecule has 1 aromatic carbocycles. The van der Waals surface area contributed by atoms with Crippen LogP contribution in [0.1, 0.15) is 24.2 Å². The molecule has 0 radical (unpaired) electrons. The van der Waals surface area contributed by atoms with Gasteiger partial charge in [0.2, 0.25) is 5.91 Å². The van der Waals surface area contributed by atoms with E-state index in [4.69, 9.17) is 10.5 Å². The lowest BCUT2D eigenvalue weighted by atomic mass is 9.85. The number of hydrogen-bond acceptors (Lipinski definition) is 4. The van der Waals surface area contributed by atoms with Crippen molar-refractivity contribution in [1.82, 2.24) is 0 Å². The Morgan fingerprint density at radius 1 is 1.37 bits per heavy atom. The monoisotopic (exact) mass is 262 g/mol. The molecule has 1 heterocycles. The maximum atomic E-state index is 12.2. The summed E-state index contributed by atoms with van der Waals surface area (Å²) in [5, 5.41) is 2.81. The number of ether oxygens (including phenoxy) is 1. The van der Waals surface area contributed by atoms with E-state index in [0.717, 1.165) is 0 Å². The molecule has 5 heteroatoms. The fraction of sp³-hybridized carbons (Fsp3) is 0.429. The number of amides is 1. The minimum Gasteiger partial charge on any atom is -0.379 e. The fourth-order valence-corrected chi connectivity index (χ4v) is 1.98. The van der Waals surface area contributed by atoms with Crippen LogP contribution in [0.4, 0.5) is 5.69 Å². The van der Waals surface area contributed by atoms with Gasteiger partial charge in [-0.3, -0.25) is 9.59 Å². The average molecular weight is 262 g/mol. The number of nitrogens with one attached hydrogen (secondary N) is 1. The number of rotatable bonds is 3. The Labute approximate surface area is 112 Å². The Hall–Kier alpha value is -1.72. The molecule has 1 fully saturated rings. The van der Waals surface area contributed by atoms with Crippen LogP contribution in [0.2, 0.25) is 0 Å². The van der Waals surface area contributed by atoms with Gasteiger partial charge in [0, 0.05) is 17.3 Å². The van der Waals surface area contributed by atoms with Crippen molar-refractivity contribution in [1.29, 1.82) is 0 Å². The predicted molar refractivity (Wildman–Crippen MR) is 72.0 cm³/mol. The van der Waals surface area contributed by atoms with Gasteiger partial charge < -0.3 is 15.8 Å². The Morgan fingerprint density at radius 2 is 2.00 bits per heavy atom. The lowest BCUT2D eigenvalue weighted by Crippen LogP contribution is -2.47. The molecule has 1 aliphatic heterocycles. The molecule has 5 nitrogen and oxygen atoms in total. The van der Waals surface area contributed by atoms with Gasteiger partial charge in [-0.15, -0.1) is 0 Å². The van der Waals surface area contributed by atoms with Crippen molar-refractivity contribution in [3.63, 3.8) is 0 Å². The second kappa shape index (κ2) is 5.11. The molecule has 0 bridgehead atoms. The summed E-state index contributed by atoms with van der Waals surface area (Å²) < 4.78 is 5.25. The Morgan fingerprint density at radius 3 is 2.47 bits per heavy atom. The Kier molecular flexibility index (Phi) is 3.68. The third kappa shape index (κ3) is 2.67. The highest BCUT2D eigenvalue weighted by Gasteiger charge is 2.44. The van der Waals surface area contributed by atoms with Crippen LogP contribution in [0.25, 0.3) is 0 Å². The Bertz CT molecular complexity index is 498. The van der Waals surface area contributed by atoms with Crippen molar-refractivity contribution in [3.8, 4) is 0 Å². The highest BCUT2D eigenvalue weighted by Crippen LogP contribution is 2.28. The van der Waals surface area contributed by atoms with Crippen LogP contribution < -0.4 is 11.1 Å². The first-order valence-electron chi connectivity index (χ1n) is 6.19. The van der Waals surface area contributed by atoms with Crippen LogP contribution in [-0.4, -0.2) is 30.9 Å². The van der Waals surface area contributed by atoms with Crippen LogP contribution in [0.15, 0.2) is 24.3 Å². The average Bonchev–Trinajstić information content (AvgIpc) is 2.71. The van der Waals surface area contributed by atoms with E-state index in [0.29, 0.717) is 24.5 Å². The van der Waals surface area contributed by atoms with Crippen molar-refractivity contribution >= 4 is 17.4 Å². The van der Waals surface area contributed by atoms with Gasteiger partial charge in [-0.1, -0.05) is 0 Å². The number of benzene rings is 1. The van der Waals surface area contributed by atoms with E-state index in [-0.39, 0.29) is 17.7 Å². The van der Waals surface area contributed by atoms with Gasteiger partial charge in [-0.25, -0.2) is 0 Å². The van der Waals surface area contributed by atoms with Gasteiger partial charge in [0.05, 0.1) is 18.6 Å². The van der Waals surface area contributed by atoms with Gasteiger partial charge in [0.25, 0.3) is 0 Å². The zero-order valence-corrected chi connectivity index (χ0v) is 11.1. The molecule has 2 unspecified atom stereocenters. The molecule has 1 amide bonds. The third-order valence-electron chi connectivity index (χ3n) is 3.59. The first kappa shape index (κ1) is 13.7. The number of hydrogen-bond donors (Lipinski definition) is 2. The third-order valence-corrected chi connectivity index (χ3v) is 3.59. The van der Waals surface area contributed by atoms with Crippen molar-refractivity contribution in [2.75, 3.05) is 18.5 Å². The summed E-state index contributed by atoms with van der Waals surface area (Å²) >= 11 is 0. The molecular formula is C14H18N2O3. The van der Waals surface area contributed by atoms with E-state index in [1.807, 2.05) is 0 Å². The molecule has 102 valence electrons. The van der Waals surface area contributed by atoms with E-state index >= 15 is 0 Å². The Balaban J connectivity index is 2.09. The van der Waals surface area contributed by atoms with E-state index in [9.17, 15) is 9.59 Å². The summed E-state index contributed by atoms with van der Waals surface area (Å²) in [5.41, 5.74) is 6.46. The second-order valence-electron chi connectivity index (χ2n) is 5.13. The lowest BCUT2D eigenvalue weighted by molar-refractivity contribution is -0.125. The molecule has 2 atom stereocenters. The number of carbonyl (C=O) groups excluding carboxylic acids is 2. The van der Waals surface area contributed by atoms with Crippen molar-refractivity contribution < 1.29 is 14.3 Å². The maximum absolute atomic E-state index is 12.2. The molecule has 3 N–H and O–H groups in total. The predicted octanol–water partition coefficient (Wildman–Crippen LogP) is 1.19. The first-order valence-corrected chi connectivity index (χ1v) is 6.19. The highest BCUT2D eigenvalue weighted by molar-refractivity contribution is 5.97. The van der Waals surface area contributed by atoms with Crippen molar-refractivity contribution in [2.24, 2.45) is 11.1 Å². The van der Waals surface area contributed by atoms with Gasteiger partial charge in [-0.2, -0.15) is 0 Å². The van der Waals surface area contributed by atoms with E-state index < -0.39 is 5.41 Å². The fourth-order valence-electron chi connectivity index (χ4n) is 1.98. The quantitative estimate of drug-likeness (QED) is 0.802. The zero-order chi connectivity index (χ0) is 14.0. The van der Waals surface area contributed by atoms with E-state index in [1.54, 1.807) is 31.2 Å². The number of Topliss-reactive ketones (excluding diaryl/α,β-unsaturated/α-hetero) is 1. The maximum Gasteiger partial charge on any atom is 0.234 e. The molecule has 19 heavy (non-hydrogen) atoms. The lowest BCUT2D eigenvalue weighted by Gasteiger charge is -2.25. The first-order chi connectivity index (χ1) is 8.93. The molecular weight excluding hydrogens is 244 g/mol. The number of carbonyl (C=O) groups is 2. The topological polar surface area (TPSA) is 81.4 Å². The number of anilines is 1. The van der Waals surface area contributed by atoms with Gasteiger partial charge >= 0.3 is 0 Å². The summed E-state index contributed by atoms with van der Waals surface area (Å²) in [6.45, 7) is 4.02. The van der Waals surface area contributed by atoms with Crippen LogP contribution in [0, 0.1) is 5.41 Å².